The zero-order chi connectivity index (χ0) is 15.0. The van der Waals surface area contributed by atoms with E-state index in [0.717, 1.165) is 35.5 Å². The number of aryl methyl sites for hydroxylation is 2. The number of aromatic nitrogens is 2. The highest BCUT2D eigenvalue weighted by Gasteiger charge is 2.21. The summed E-state index contributed by atoms with van der Waals surface area (Å²) in [7, 11) is 0. The number of thiazole rings is 1. The predicted octanol–water partition coefficient (Wildman–Crippen LogP) is 1.63. The first-order valence-corrected chi connectivity index (χ1v) is 7.60. The summed E-state index contributed by atoms with van der Waals surface area (Å²) in [6, 6.07) is 3.39. The Morgan fingerprint density at radius 2 is 2.27 bits per heavy atom. The molecule has 0 radical (unpaired) electrons. The highest BCUT2D eigenvalue weighted by atomic mass is 35.5. The van der Waals surface area contributed by atoms with Gasteiger partial charge in [0.2, 0.25) is 0 Å². The minimum Gasteiger partial charge on any atom is -0.327 e. The second-order valence-corrected chi connectivity index (χ2v) is 6.31. The molecule has 0 bridgehead atoms. The van der Waals surface area contributed by atoms with Crippen LogP contribution in [0.5, 0.6) is 0 Å². The molecule has 118 valence electrons. The lowest BCUT2D eigenvalue weighted by molar-refractivity contribution is 0.102. The summed E-state index contributed by atoms with van der Waals surface area (Å²) in [5.41, 5.74) is 7.35. The monoisotopic (exact) mass is 340 g/mol. The van der Waals surface area contributed by atoms with Crippen LogP contribution in [0.2, 0.25) is 0 Å². The minimum absolute atomic E-state index is 0. The van der Waals surface area contributed by atoms with Crippen molar-refractivity contribution in [3.8, 4) is 0 Å². The number of amides is 1. The molecule has 0 fully saturated rings. The van der Waals surface area contributed by atoms with Crippen molar-refractivity contribution < 1.29 is 4.79 Å². The van der Waals surface area contributed by atoms with Crippen molar-refractivity contribution >= 4 is 34.8 Å². The fourth-order valence-electron chi connectivity index (χ4n) is 2.37. The zero-order valence-electron chi connectivity index (χ0n) is 12.0. The second kappa shape index (κ2) is 6.60. The molecule has 22 heavy (non-hydrogen) atoms. The fraction of sp³-hybridized carbons (Fsp3) is 0.357. The van der Waals surface area contributed by atoms with E-state index in [-0.39, 0.29) is 24.0 Å². The number of pyridine rings is 1. The molecule has 0 saturated carbocycles. The molecule has 4 N–H and O–H groups in total. The molecule has 1 aliphatic rings. The molecule has 1 aliphatic carbocycles. The van der Waals surface area contributed by atoms with Crippen LogP contribution < -0.4 is 16.6 Å². The molecule has 1 atom stereocenters. The Morgan fingerprint density at radius 1 is 1.50 bits per heavy atom. The largest absolute Gasteiger partial charge is 0.327 e. The average Bonchev–Trinajstić information content (AvgIpc) is 2.79. The molecule has 2 aromatic rings. The number of H-pyrrole nitrogens is 1. The number of nitrogens with zero attached hydrogens (tertiary/aromatic N) is 1. The summed E-state index contributed by atoms with van der Waals surface area (Å²) >= 11 is 1.44. The van der Waals surface area contributed by atoms with Gasteiger partial charge in [0.05, 0.1) is 5.69 Å². The van der Waals surface area contributed by atoms with Crippen molar-refractivity contribution in [2.24, 2.45) is 5.73 Å². The number of carbonyl (C=O) groups is 1. The SMILES string of the molecule is Cc1ccc(C(=O)Nc2nc3c(s2)C[C@@H](N)CC3)c(=O)[nH]1.Cl. The zero-order valence-corrected chi connectivity index (χ0v) is 13.6. The number of halogens is 1. The number of carbonyl (C=O) groups excluding carboxylic acids is 1. The van der Waals surface area contributed by atoms with Gasteiger partial charge in [0.25, 0.3) is 11.5 Å². The third kappa shape index (κ3) is 3.37. The standard InChI is InChI=1S/C14H16N4O2S.ClH/c1-7-2-4-9(12(19)16-7)13(20)18-14-17-10-5-3-8(15)6-11(10)21-14;/h2,4,8H,3,5-6,15H2,1H3,(H,16,19)(H,17,18,20);1H/t8-;/m0./s1. The normalized spacial score (nSPS) is 16.5. The molecule has 2 heterocycles. The first-order chi connectivity index (χ1) is 10.0. The van der Waals surface area contributed by atoms with Crippen molar-refractivity contribution in [3.05, 3.63) is 44.3 Å². The van der Waals surface area contributed by atoms with Crippen molar-refractivity contribution in [1.82, 2.24) is 9.97 Å². The predicted molar refractivity (Wildman–Crippen MR) is 89.1 cm³/mol. The van der Waals surface area contributed by atoms with Gasteiger partial charge in [-0.15, -0.1) is 23.7 Å². The highest BCUT2D eigenvalue weighted by Crippen LogP contribution is 2.29. The lowest BCUT2D eigenvalue weighted by Gasteiger charge is -2.15. The second-order valence-electron chi connectivity index (χ2n) is 5.23. The summed E-state index contributed by atoms with van der Waals surface area (Å²) in [5.74, 6) is -0.438. The number of anilines is 1. The lowest BCUT2D eigenvalue weighted by Crippen LogP contribution is -2.27. The van der Waals surface area contributed by atoms with Crippen molar-refractivity contribution in [1.29, 1.82) is 0 Å². The Kier molecular flexibility index (Phi) is 5.00. The van der Waals surface area contributed by atoms with E-state index < -0.39 is 11.5 Å². The third-order valence-corrected chi connectivity index (χ3v) is 4.53. The maximum absolute atomic E-state index is 12.1. The van der Waals surface area contributed by atoms with Crippen LogP contribution in [0.15, 0.2) is 16.9 Å². The first-order valence-electron chi connectivity index (χ1n) is 6.78. The summed E-state index contributed by atoms with van der Waals surface area (Å²) in [4.78, 5) is 32.0. The first kappa shape index (κ1) is 16.7. The molecule has 6 nitrogen and oxygen atoms in total. The number of rotatable bonds is 2. The van der Waals surface area contributed by atoms with Crippen LogP contribution in [0.4, 0.5) is 5.13 Å². The van der Waals surface area contributed by atoms with Crippen molar-refractivity contribution in [3.63, 3.8) is 0 Å². The van der Waals surface area contributed by atoms with Gasteiger partial charge in [0.1, 0.15) is 5.56 Å². The molecular weight excluding hydrogens is 324 g/mol. The van der Waals surface area contributed by atoms with E-state index in [2.05, 4.69) is 15.3 Å². The van der Waals surface area contributed by atoms with Gasteiger partial charge < -0.3 is 10.7 Å². The van der Waals surface area contributed by atoms with E-state index in [1.165, 1.54) is 17.4 Å². The lowest BCUT2D eigenvalue weighted by atomic mass is 9.99. The van der Waals surface area contributed by atoms with Crippen molar-refractivity contribution in [2.45, 2.75) is 32.2 Å². The average molecular weight is 341 g/mol. The molecular formula is C14H17ClN4O2S. The van der Waals surface area contributed by atoms with E-state index in [9.17, 15) is 9.59 Å². The Bertz CT molecular complexity index is 756. The number of nitrogens with two attached hydrogens (primary N) is 1. The number of hydrogen-bond acceptors (Lipinski definition) is 5. The van der Waals surface area contributed by atoms with Gasteiger partial charge in [-0.05, 0) is 38.3 Å². The minimum atomic E-state index is -0.438. The van der Waals surface area contributed by atoms with Crippen LogP contribution in [0, 0.1) is 6.92 Å². The van der Waals surface area contributed by atoms with Gasteiger partial charge in [-0.1, -0.05) is 0 Å². The van der Waals surface area contributed by atoms with Gasteiger partial charge >= 0.3 is 0 Å². The maximum Gasteiger partial charge on any atom is 0.263 e. The molecule has 1 amide bonds. The van der Waals surface area contributed by atoms with Crippen LogP contribution in [-0.2, 0) is 12.8 Å². The van der Waals surface area contributed by atoms with Gasteiger partial charge in [0, 0.05) is 16.6 Å². The summed E-state index contributed by atoms with van der Waals surface area (Å²) < 4.78 is 0. The highest BCUT2D eigenvalue weighted by molar-refractivity contribution is 7.15. The molecule has 0 spiro atoms. The molecule has 8 heteroatoms. The van der Waals surface area contributed by atoms with Crippen LogP contribution in [0.25, 0.3) is 0 Å². The molecule has 3 rings (SSSR count). The molecule has 0 unspecified atom stereocenters. The van der Waals surface area contributed by atoms with Crippen LogP contribution in [0.3, 0.4) is 0 Å². The van der Waals surface area contributed by atoms with E-state index in [0.29, 0.717) is 5.13 Å². The number of fused-ring (bicyclic) bond motifs is 1. The summed E-state index contributed by atoms with van der Waals surface area (Å²) in [6.07, 6.45) is 2.56. The Balaban J connectivity index is 0.00000176. The van der Waals surface area contributed by atoms with Gasteiger partial charge in [0.15, 0.2) is 5.13 Å². The van der Waals surface area contributed by atoms with E-state index in [1.807, 2.05) is 0 Å². The van der Waals surface area contributed by atoms with Gasteiger partial charge in [-0.3, -0.25) is 14.9 Å². The van der Waals surface area contributed by atoms with Crippen LogP contribution >= 0.6 is 23.7 Å². The Hall–Kier alpha value is -1.70. The number of aromatic amines is 1. The quantitative estimate of drug-likeness (QED) is 0.773. The summed E-state index contributed by atoms with van der Waals surface area (Å²) in [6.45, 7) is 1.77. The molecule has 0 saturated heterocycles. The van der Waals surface area contributed by atoms with Gasteiger partial charge in [-0.2, -0.15) is 0 Å². The summed E-state index contributed by atoms with van der Waals surface area (Å²) in [5, 5.41) is 3.23. The van der Waals surface area contributed by atoms with E-state index >= 15 is 0 Å². The van der Waals surface area contributed by atoms with E-state index in [4.69, 9.17) is 5.73 Å². The molecule has 0 aromatic carbocycles. The number of hydrogen-bond donors (Lipinski definition) is 3. The smallest absolute Gasteiger partial charge is 0.263 e. The van der Waals surface area contributed by atoms with Crippen molar-refractivity contribution in [2.75, 3.05) is 5.32 Å². The Morgan fingerprint density at radius 3 is 3.00 bits per heavy atom. The molecule has 2 aromatic heterocycles. The Labute approximate surface area is 137 Å². The van der Waals surface area contributed by atoms with E-state index in [1.54, 1.807) is 13.0 Å². The van der Waals surface area contributed by atoms with Crippen LogP contribution in [-0.4, -0.2) is 21.9 Å². The maximum atomic E-state index is 12.1. The molecule has 0 aliphatic heterocycles. The third-order valence-electron chi connectivity index (χ3n) is 3.50. The fourth-order valence-corrected chi connectivity index (χ4v) is 3.47. The van der Waals surface area contributed by atoms with Gasteiger partial charge in [-0.25, -0.2) is 4.98 Å². The number of nitrogens with one attached hydrogen (secondary N) is 2. The topological polar surface area (TPSA) is 101 Å². The van der Waals surface area contributed by atoms with Crippen LogP contribution in [0.1, 0.15) is 33.0 Å².